The molecule has 1 aliphatic heterocycles. The van der Waals surface area contributed by atoms with E-state index in [9.17, 15) is 8.42 Å². The van der Waals surface area contributed by atoms with E-state index in [0.29, 0.717) is 5.75 Å². The van der Waals surface area contributed by atoms with Gasteiger partial charge < -0.3 is 5.73 Å². The largest absolute Gasteiger partial charge is 0.324 e. The Morgan fingerprint density at radius 1 is 1.38 bits per heavy atom. The molecule has 118 valence electrons. The Bertz CT molecular complexity index is 558. The van der Waals surface area contributed by atoms with E-state index in [4.69, 9.17) is 5.73 Å². The van der Waals surface area contributed by atoms with Gasteiger partial charge >= 0.3 is 0 Å². The zero-order chi connectivity index (χ0) is 15.5. The Hall–Kier alpha value is -0.560. The first-order valence-corrected chi connectivity index (χ1v) is 10.3. The van der Waals surface area contributed by atoms with Gasteiger partial charge in [0.25, 0.3) is 0 Å². The molecule has 1 aliphatic rings. The fourth-order valence-electron chi connectivity index (χ4n) is 2.55. The van der Waals surface area contributed by atoms with Crippen LogP contribution < -0.4 is 5.73 Å². The number of thioether (sulfide) groups is 1. The van der Waals surface area contributed by atoms with Gasteiger partial charge in [-0.25, -0.2) is 8.42 Å². The van der Waals surface area contributed by atoms with Crippen LogP contribution in [0.25, 0.3) is 0 Å². The van der Waals surface area contributed by atoms with Crippen LogP contribution in [0.4, 0.5) is 0 Å². The molecular formula is C15H24N2O2S2. The molecule has 4 nitrogen and oxygen atoms in total. The van der Waals surface area contributed by atoms with Crippen LogP contribution >= 0.6 is 11.8 Å². The Morgan fingerprint density at radius 3 is 2.67 bits per heavy atom. The fraction of sp³-hybridized carbons (Fsp3) is 0.600. The Morgan fingerprint density at radius 2 is 2.05 bits per heavy atom. The molecule has 1 fully saturated rings. The monoisotopic (exact) mass is 328 g/mol. The molecule has 2 atom stereocenters. The van der Waals surface area contributed by atoms with Gasteiger partial charge in [-0.1, -0.05) is 29.8 Å². The van der Waals surface area contributed by atoms with Crippen molar-refractivity contribution in [3.05, 3.63) is 35.4 Å². The van der Waals surface area contributed by atoms with Crippen LogP contribution in [-0.4, -0.2) is 49.5 Å². The number of sulfone groups is 1. The number of nitrogens with two attached hydrogens (primary N) is 1. The second-order valence-electron chi connectivity index (χ2n) is 5.70. The molecule has 1 aromatic rings. The molecule has 0 saturated carbocycles. The molecule has 0 aliphatic carbocycles. The maximum Gasteiger partial charge on any atom is 0.164 e. The third-order valence-electron chi connectivity index (χ3n) is 3.92. The normalized spacial score (nSPS) is 22.1. The van der Waals surface area contributed by atoms with Gasteiger partial charge in [0.05, 0.1) is 0 Å². The zero-order valence-corrected chi connectivity index (χ0v) is 14.3. The third-order valence-corrected chi connectivity index (χ3v) is 6.60. The highest BCUT2D eigenvalue weighted by Crippen LogP contribution is 2.22. The first-order chi connectivity index (χ1) is 9.88. The van der Waals surface area contributed by atoms with E-state index in [0.717, 1.165) is 30.8 Å². The number of nitrogens with zero attached hydrogens (tertiary/aromatic N) is 1. The summed E-state index contributed by atoms with van der Waals surface area (Å²) in [7, 11) is -3.03. The predicted octanol–water partition coefficient (Wildman–Crippen LogP) is 1.80. The highest BCUT2D eigenvalue weighted by Gasteiger charge is 2.30. The molecule has 0 bridgehead atoms. The van der Waals surface area contributed by atoms with Crippen molar-refractivity contribution in [1.82, 2.24) is 4.90 Å². The SMILES string of the molecule is Cc1ccc(C(N)CCN2CCSCC2S(C)(=O)=O)cc1. The van der Waals surface area contributed by atoms with Crippen LogP contribution in [0.15, 0.2) is 24.3 Å². The molecule has 0 amide bonds. The average molecular weight is 329 g/mol. The van der Waals surface area contributed by atoms with Crippen molar-refractivity contribution in [2.24, 2.45) is 5.73 Å². The highest BCUT2D eigenvalue weighted by molar-refractivity contribution is 8.00. The summed E-state index contributed by atoms with van der Waals surface area (Å²) in [5.41, 5.74) is 8.57. The van der Waals surface area contributed by atoms with Gasteiger partial charge in [-0.15, -0.1) is 0 Å². The van der Waals surface area contributed by atoms with Crippen LogP contribution in [0.1, 0.15) is 23.6 Å². The summed E-state index contributed by atoms with van der Waals surface area (Å²) >= 11 is 1.71. The lowest BCUT2D eigenvalue weighted by molar-refractivity contribution is 0.260. The van der Waals surface area contributed by atoms with Gasteiger partial charge in [0.2, 0.25) is 0 Å². The van der Waals surface area contributed by atoms with Crippen molar-refractivity contribution in [3.8, 4) is 0 Å². The Labute approximate surface area is 132 Å². The summed E-state index contributed by atoms with van der Waals surface area (Å²) in [5, 5.41) is -0.360. The third kappa shape index (κ3) is 4.71. The van der Waals surface area contributed by atoms with Gasteiger partial charge in [0.1, 0.15) is 5.37 Å². The van der Waals surface area contributed by atoms with Crippen LogP contribution in [0, 0.1) is 6.92 Å². The van der Waals surface area contributed by atoms with Gasteiger partial charge in [0, 0.05) is 36.9 Å². The lowest BCUT2D eigenvalue weighted by Crippen LogP contribution is -2.47. The molecule has 1 saturated heterocycles. The second kappa shape index (κ2) is 7.13. The summed E-state index contributed by atoms with van der Waals surface area (Å²) in [5.74, 6) is 1.66. The minimum absolute atomic E-state index is 0.0413. The van der Waals surface area contributed by atoms with Gasteiger partial charge in [-0.2, -0.15) is 11.8 Å². The van der Waals surface area contributed by atoms with Gasteiger partial charge in [-0.3, -0.25) is 4.90 Å². The van der Waals surface area contributed by atoms with Crippen LogP contribution in [0.3, 0.4) is 0 Å². The molecule has 0 spiro atoms. The second-order valence-corrected chi connectivity index (χ2v) is 9.05. The predicted molar refractivity (Wildman–Crippen MR) is 90.3 cm³/mol. The molecule has 2 rings (SSSR count). The molecule has 21 heavy (non-hydrogen) atoms. The van der Waals surface area contributed by atoms with Crippen molar-refractivity contribution in [3.63, 3.8) is 0 Å². The van der Waals surface area contributed by atoms with Crippen molar-refractivity contribution >= 4 is 21.6 Å². The van der Waals surface area contributed by atoms with E-state index in [2.05, 4.69) is 36.1 Å². The smallest absolute Gasteiger partial charge is 0.164 e. The van der Waals surface area contributed by atoms with Crippen LogP contribution in [0.5, 0.6) is 0 Å². The molecule has 2 N–H and O–H groups in total. The van der Waals surface area contributed by atoms with Crippen LogP contribution in [-0.2, 0) is 9.84 Å². The Kier molecular flexibility index (Phi) is 5.71. The van der Waals surface area contributed by atoms with E-state index >= 15 is 0 Å². The standard InChI is InChI=1S/C15H24N2O2S2/c1-12-3-5-13(6-4-12)14(16)7-8-17-9-10-20-11-15(17)21(2,18)19/h3-6,14-15H,7-11,16H2,1-2H3. The number of hydrogen-bond acceptors (Lipinski definition) is 5. The topological polar surface area (TPSA) is 63.4 Å². The van der Waals surface area contributed by atoms with Crippen molar-refractivity contribution < 1.29 is 8.42 Å². The van der Waals surface area contributed by atoms with Crippen molar-refractivity contribution in [2.45, 2.75) is 24.8 Å². The van der Waals surface area contributed by atoms with E-state index < -0.39 is 9.84 Å². The molecule has 0 radical (unpaired) electrons. The maximum atomic E-state index is 11.9. The van der Waals surface area contributed by atoms with E-state index in [-0.39, 0.29) is 11.4 Å². The van der Waals surface area contributed by atoms with E-state index in [1.54, 1.807) is 11.8 Å². The maximum absolute atomic E-state index is 11.9. The lowest BCUT2D eigenvalue weighted by atomic mass is 10.0. The minimum atomic E-state index is -3.03. The van der Waals surface area contributed by atoms with E-state index in [1.165, 1.54) is 11.8 Å². The summed E-state index contributed by atoms with van der Waals surface area (Å²) in [4.78, 5) is 2.07. The zero-order valence-electron chi connectivity index (χ0n) is 12.7. The summed E-state index contributed by atoms with van der Waals surface area (Å²) < 4.78 is 23.7. The molecule has 6 heteroatoms. The Balaban J connectivity index is 1.96. The summed E-state index contributed by atoms with van der Waals surface area (Å²) in [6, 6.07) is 8.19. The quantitative estimate of drug-likeness (QED) is 0.893. The van der Waals surface area contributed by atoms with Crippen molar-refractivity contribution in [2.75, 3.05) is 30.9 Å². The number of hydrogen-bond donors (Lipinski definition) is 1. The van der Waals surface area contributed by atoms with E-state index in [1.807, 2.05) is 0 Å². The fourth-order valence-corrected chi connectivity index (χ4v) is 5.52. The van der Waals surface area contributed by atoms with Gasteiger partial charge in [-0.05, 0) is 18.9 Å². The number of aryl methyl sites for hydroxylation is 1. The molecular weight excluding hydrogens is 304 g/mol. The van der Waals surface area contributed by atoms with Gasteiger partial charge in [0.15, 0.2) is 9.84 Å². The summed E-state index contributed by atoms with van der Waals surface area (Å²) in [6.07, 6.45) is 2.11. The lowest BCUT2D eigenvalue weighted by Gasteiger charge is -2.34. The summed E-state index contributed by atoms with van der Waals surface area (Å²) in [6.45, 7) is 3.60. The molecule has 1 aromatic carbocycles. The number of rotatable bonds is 5. The molecule has 1 heterocycles. The first kappa shape index (κ1) is 16.8. The minimum Gasteiger partial charge on any atom is -0.324 e. The molecule has 2 unspecified atom stereocenters. The molecule has 0 aromatic heterocycles. The highest BCUT2D eigenvalue weighted by atomic mass is 32.2. The average Bonchev–Trinajstić information content (AvgIpc) is 2.45. The number of benzene rings is 1. The first-order valence-electron chi connectivity index (χ1n) is 7.21. The van der Waals surface area contributed by atoms with Crippen LogP contribution in [0.2, 0.25) is 0 Å². The van der Waals surface area contributed by atoms with Crippen molar-refractivity contribution in [1.29, 1.82) is 0 Å².